The Labute approximate surface area is 170 Å². The lowest BCUT2D eigenvalue weighted by Crippen LogP contribution is -2.30. The second kappa shape index (κ2) is 17.6. The standard InChI is InChI=1S/C16H22N2O12/c1-12(20)28-8-13(21)26-6-7-27-14(22)9-29-15(23)10-30-16(24)18-3-5-25-4-2-17-11-19/h2-10H2,1H3,(H,18,24). The maximum atomic E-state index is 11.4. The average Bonchev–Trinajstić information content (AvgIpc) is 2.71. The summed E-state index contributed by atoms with van der Waals surface area (Å²) in [5.74, 6) is -3.37. The van der Waals surface area contributed by atoms with Crippen molar-refractivity contribution in [3.05, 3.63) is 0 Å². The zero-order valence-corrected chi connectivity index (χ0v) is 16.2. The number of hydrogen-bond donors (Lipinski definition) is 1. The fourth-order valence-electron chi connectivity index (χ4n) is 1.39. The van der Waals surface area contributed by atoms with Crippen molar-refractivity contribution in [2.24, 2.45) is 4.99 Å². The number of carbonyl (C=O) groups is 5. The summed E-state index contributed by atoms with van der Waals surface area (Å²) in [6.07, 6.45) is 0.443. The van der Waals surface area contributed by atoms with Gasteiger partial charge in [-0.3, -0.25) is 4.79 Å². The lowest BCUT2D eigenvalue weighted by atomic mass is 10.6. The molecule has 30 heavy (non-hydrogen) atoms. The van der Waals surface area contributed by atoms with Crippen LogP contribution in [0.3, 0.4) is 0 Å². The van der Waals surface area contributed by atoms with Gasteiger partial charge in [-0.2, -0.15) is 0 Å². The fraction of sp³-hybridized carbons (Fsp3) is 0.625. The maximum absolute atomic E-state index is 11.4. The quantitative estimate of drug-likeness (QED) is 0.101. The minimum atomic E-state index is -0.988. The molecule has 0 rings (SSSR count). The molecule has 0 aromatic carbocycles. The van der Waals surface area contributed by atoms with E-state index in [0.717, 1.165) is 6.92 Å². The highest BCUT2D eigenvalue weighted by molar-refractivity contribution is 5.79. The van der Waals surface area contributed by atoms with Crippen LogP contribution in [0.1, 0.15) is 6.92 Å². The van der Waals surface area contributed by atoms with Gasteiger partial charge < -0.3 is 33.7 Å². The van der Waals surface area contributed by atoms with Crippen molar-refractivity contribution in [3.63, 3.8) is 0 Å². The summed E-state index contributed by atoms with van der Waals surface area (Å²) < 4.78 is 27.7. The summed E-state index contributed by atoms with van der Waals surface area (Å²) in [7, 11) is 0. The van der Waals surface area contributed by atoms with E-state index in [1.165, 1.54) is 6.08 Å². The van der Waals surface area contributed by atoms with Gasteiger partial charge in [-0.15, -0.1) is 0 Å². The SMILES string of the molecule is CC(=O)OCC(=O)OCCOC(=O)COC(=O)COC(=O)NCCOCCN=C=O. The van der Waals surface area contributed by atoms with E-state index in [1.807, 2.05) is 0 Å². The molecule has 0 spiro atoms. The topological polar surface area (TPSA) is 182 Å². The molecule has 168 valence electrons. The first-order chi connectivity index (χ1) is 14.3. The first-order valence-electron chi connectivity index (χ1n) is 8.47. The Balaban J connectivity index is 3.65. The third kappa shape index (κ3) is 17.9. The summed E-state index contributed by atoms with van der Waals surface area (Å²) in [5.41, 5.74) is 0. The molecular formula is C16H22N2O12. The van der Waals surface area contributed by atoms with Crippen LogP contribution in [0.25, 0.3) is 0 Å². The third-order valence-electron chi connectivity index (χ3n) is 2.60. The number of aliphatic imine (C=N–C) groups is 1. The first kappa shape index (κ1) is 26.5. The number of esters is 4. The van der Waals surface area contributed by atoms with Gasteiger partial charge in [0.05, 0.1) is 19.8 Å². The Morgan fingerprint density at radius 3 is 1.93 bits per heavy atom. The van der Waals surface area contributed by atoms with Crippen LogP contribution in [0.15, 0.2) is 4.99 Å². The predicted octanol–water partition coefficient (Wildman–Crippen LogP) is -1.74. The van der Waals surface area contributed by atoms with Crippen LogP contribution < -0.4 is 5.32 Å². The van der Waals surface area contributed by atoms with Gasteiger partial charge in [0.1, 0.15) is 13.2 Å². The Morgan fingerprint density at radius 2 is 1.33 bits per heavy atom. The highest BCUT2D eigenvalue weighted by atomic mass is 16.6. The second-order valence-corrected chi connectivity index (χ2v) is 4.97. The number of alkyl carbamates (subject to hydrolysis) is 1. The molecule has 0 saturated heterocycles. The van der Waals surface area contributed by atoms with Gasteiger partial charge in [-0.25, -0.2) is 29.0 Å². The summed E-state index contributed by atoms with van der Waals surface area (Å²) in [6.45, 7) is -0.908. The van der Waals surface area contributed by atoms with Gasteiger partial charge in [-0.05, 0) is 0 Å². The molecule has 0 aliphatic carbocycles. The van der Waals surface area contributed by atoms with Crippen LogP contribution in [0.5, 0.6) is 0 Å². The lowest BCUT2D eigenvalue weighted by Gasteiger charge is -2.08. The Morgan fingerprint density at radius 1 is 0.767 bits per heavy atom. The number of ether oxygens (including phenoxy) is 6. The van der Waals surface area contributed by atoms with Crippen molar-refractivity contribution in [3.8, 4) is 0 Å². The van der Waals surface area contributed by atoms with Crippen molar-refractivity contribution in [2.75, 3.05) is 59.3 Å². The molecule has 14 nitrogen and oxygen atoms in total. The molecule has 0 heterocycles. The van der Waals surface area contributed by atoms with E-state index in [4.69, 9.17) is 4.74 Å². The Kier molecular flexibility index (Phi) is 15.5. The van der Waals surface area contributed by atoms with Gasteiger partial charge in [0, 0.05) is 13.5 Å². The second-order valence-electron chi connectivity index (χ2n) is 4.97. The fourth-order valence-corrected chi connectivity index (χ4v) is 1.39. The van der Waals surface area contributed by atoms with E-state index in [0.29, 0.717) is 0 Å². The minimum absolute atomic E-state index is 0.0937. The van der Waals surface area contributed by atoms with Gasteiger partial charge >= 0.3 is 30.0 Å². The zero-order chi connectivity index (χ0) is 22.6. The molecule has 0 fully saturated rings. The summed E-state index contributed by atoms with van der Waals surface area (Å²) in [5, 5.41) is 2.29. The highest BCUT2D eigenvalue weighted by Gasteiger charge is 2.12. The van der Waals surface area contributed by atoms with Crippen molar-refractivity contribution >= 4 is 36.1 Å². The van der Waals surface area contributed by atoms with Crippen LogP contribution in [-0.2, 0) is 52.4 Å². The van der Waals surface area contributed by atoms with Crippen molar-refractivity contribution < 1.29 is 57.2 Å². The minimum Gasteiger partial charge on any atom is -0.460 e. The number of amides is 1. The van der Waals surface area contributed by atoms with E-state index in [2.05, 4.69) is 34.0 Å². The van der Waals surface area contributed by atoms with E-state index in [1.54, 1.807) is 0 Å². The molecule has 1 N–H and O–H groups in total. The van der Waals surface area contributed by atoms with Gasteiger partial charge in [0.15, 0.2) is 19.8 Å². The lowest BCUT2D eigenvalue weighted by molar-refractivity contribution is -0.164. The molecule has 0 aromatic rings. The number of nitrogens with zero attached hydrogens (tertiary/aromatic N) is 1. The van der Waals surface area contributed by atoms with Crippen LogP contribution >= 0.6 is 0 Å². The van der Waals surface area contributed by atoms with Gasteiger partial charge in [0.25, 0.3) is 0 Å². The van der Waals surface area contributed by atoms with Crippen LogP contribution in [0.2, 0.25) is 0 Å². The highest BCUT2D eigenvalue weighted by Crippen LogP contribution is 1.89. The molecule has 0 aromatic heterocycles. The van der Waals surface area contributed by atoms with Crippen LogP contribution in [-0.4, -0.2) is 95.4 Å². The van der Waals surface area contributed by atoms with Crippen molar-refractivity contribution in [1.29, 1.82) is 0 Å². The largest absolute Gasteiger partial charge is 0.460 e. The van der Waals surface area contributed by atoms with Gasteiger partial charge in [-0.1, -0.05) is 0 Å². The van der Waals surface area contributed by atoms with Crippen LogP contribution in [0.4, 0.5) is 4.79 Å². The number of nitrogens with one attached hydrogen (secondary N) is 1. The number of rotatable bonds is 15. The number of carbonyl (C=O) groups excluding carboxylic acids is 6. The zero-order valence-electron chi connectivity index (χ0n) is 16.2. The Hall–Kier alpha value is -3.51. The molecule has 0 aliphatic heterocycles. The first-order valence-corrected chi connectivity index (χ1v) is 8.47. The summed E-state index contributed by atoms with van der Waals surface area (Å²) >= 11 is 0. The monoisotopic (exact) mass is 434 g/mol. The van der Waals surface area contributed by atoms with Crippen molar-refractivity contribution in [1.82, 2.24) is 5.32 Å². The summed E-state index contributed by atoms with van der Waals surface area (Å²) in [4.78, 5) is 68.7. The molecule has 0 unspecified atom stereocenters. The summed E-state index contributed by atoms with van der Waals surface area (Å²) in [6, 6.07) is 0. The number of hydrogen-bond acceptors (Lipinski definition) is 13. The molecule has 0 bridgehead atoms. The van der Waals surface area contributed by atoms with E-state index in [-0.39, 0.29) is 39.5 Å². The van der Waals surface area contributed by atoms with Crippen molar-refractivity contribution in [2.45, 2.75) is 6.92 Å². The normalized spacial score (nSPS) is 9.50. The van der Waals surface area contributed by atoms with E-state index >= 15 is 0 Å². The van der Waals surface area contributed by atoms with Gasteiger partial charge in [0.2, 0.25) is 6.08 Å². The van der Waals surface area contributed by atoms with Crippen LogP contribution in [0, 0.1) is 0 Å². The molecular weight excluding hydrogens is 412 g/mol. The molecule has 0 saturated carbocycles. The molecule has 0 atom stereocenters. The molecule has 14 heteroatoms. The van der Waals surface area contributed by atoms with E-state index in [9.17, 15) is 28.8 Å². The maximum Gasteiger partial charge on any atom is 0.407 e. The number of isocyanates is 1. The molecule has 1 amide bonds. The molecule has 0 radical (unpaired) electrons. The average molecular weight is 434 g/mol. The molecule has 0 aliphatic rings. The predicted molar refractivity (Wildman–Crippen MR) is 92.7 cm³/mol. The van der Waals surface area contributed by atoms with E-state index < -0.39 is 49.8 Å². The Bertz CT molecular complexity index is 630. The smallest absolute Gasteiger partial charge is 0.407 e. The third-order valence-corrected chi connectivity index (χ3v) is 2.60.